The lowest BCUT2D eigenvalue weighted by Crippen LogP contribution is -2.03. The molecule has 1 rings (SSSR count). The third-order valence-corrected chi connectivity index (χ3v) is 4.83. The standard InChI is InChI=1S/C19H32O4S/c1-3-4-5-6-7-8-9-10-11-17(2)19-14-12-18(13-15-19)16-23-24(20,21)22/h12-15,17H,3-11,16H2,1-2H3,(H,20,21,22). The molecule has 1 aromatic carbocycles. The van der Waals surface area contributed by atoms with E-state index in [1.165, 1.54) is 63.4 Å². The van der Waals surface area contributed by atoms with Crippen LogP contribution in [0, 0.1) is 0 Å². The number of unbranched alkanes of at least 4 members (excludes halogenated alkanes) is 7. The maximum atomic E-state index is 10.6. The second-order valence-electron chi connectivity index (χ2n) is 6.60. The lowest BCUT2D eigenvalue weighted by molar-refractivity contribution is 0.259. The van der Waals surface area contributed by atoms with E-state index in [0.29, 0.717) is 5.92 Å². The zero-order valence-electron chi connectivity index (χ0n) is 15.0. The molecule has 138 valence electrons. The zero-order chi connectivity index (χ0) is 17.8. The third-order valence-electron chi connectivity index (χ3n) is 4.41. The van der Waals surface area contributed by atoms with Crippen molar-refractivity contribution < 1.29 is 17.2 Å². The second kappa shape index (κ2) is 11.6. The normalized spacial score (nSPS) is 13.1. The van der Waals surface area contributed by atoms with Crippen LogP contribution in [0.25, 0.3) is 0 Å². The highest BCUT2D eigenvalue weighted by Gasteiger charge is 2.07. The highest BCUT2D eigenvalue weighted by atomic mass is 32.3. The van der Waals surface area contributed by atoms with E-state index in [4.69, 9.17) is 4.55 Å². The van der Waals surface area contributed by atoms with Crippen LogP contribution >= 0.6 is 0 Å². The molecule has 1 unspecified atom stereocenters. The fourth-order valence-corrected chi connectivity index (χ4v) is 3.12. The van der Waals surface area contributed by atoms with Crippen molar-refractivity contribution in [1.82, 2.24) is 0 Å². The van der Waals surface area contributed by atoms with E-state index in [1.54, 1.807) is 0 Å². The van der Waals surface area contributed by atoms with E-state index in [-0.39, 0.29) is 6.61 Å². The summed E-state index contributed by atoms with van der Waals surface area (Å²) >= 11 is 0. The van der Waals surface area contributed by atoms with Crippen molar-refractivity contribution in [3.63, 3.8) is 0 Å². The van der Waals surface area contributed by atoms with Crippen LogP contribution in [0.5, 0.6) is 0 Å². The molecule has 5 heteroatoms. The van der Waals surface area contributed by atoms with Crippen molar-refractivity contribution in [2.75, 3.05) is 0 Å². The van der Waals surface area contributed by atoms with Crippen LogP contribution in [-0.2, 0) is 21.2 Å². The highest BCUT2D eigenvalue weighted by Crippen LogP contribution is 2.23. The molecule has 0 aliphatic carbocycles. The molecule has 0 spiro atoms. The van der Waals surface area contributed by atoms with Crippen molar-refractivity contribution >= 4 is 10.4 Å². The summed E-state index contributed by atoms with van der Waals surface area (Å²) in [6, 6.07) is 7.73. The van der Waals surface area contributed by atoms with Crippen LogP contribution in [-0.4, -0.2) is 13.0 Å². The summed E-state index contributed by atoms with van der Waals surface area (Å²) in [6.45, 7) is 4.34. The Morgan fingerprint density at radius 1 is 0.958 bits per heavy atom. The van der Waals surface area contributed by atoms with Gasteiger partial charge in [0, 0.05) is 0 Å². The minimum Gasteiger partial charge on any atom is -0.264 e. The first-order chi connectivity index (χ1) is 11.4. The molecule has 4 nitrogen and oxygen atoms in total. The number of benzene rings is 1. The summed E-state index contributed by atoms with van der Waals surface area (Å²) in [6.07, 6.45) is 11.8. The Hall–Kier alpha value is -0.910. The van der Waals surface area contributed by atoms with Gasteiger partial charge in [-0.1, -0.05) is 89.5 Å². The van der Waals surface area contributed by atoms with E-state index in [2.05, 4.69) is 18.0 Å². The van der Waals surface area contributed by atoms with Gasteiger partial charge in [-0.05, 0) is 23.5 Å². The molecule has 0 heterocycles. The minimum absolute atomic E-state index is 0.133. The molecule has 0 bridgehead atoms. The number of rotatable bonds is 13. The predicted molar refractivity (Wildman–Crippen MR) is 98.4 cm³/mol. The molecule has 1 atom stereocenters. The van der Waals surface area contributed by atoms with Crippen LogP contribution in [0.1, 0.15) is 88.7 Å². The van der Waals surface area contributed by atoms with Gasteiger partial charge >= 0.3 is 10.4 Å². The fourth-order valence-electron chi connectivity index (χ4n) is 2.84. The lowest BCUT2D eigenvalue weighted by atomic mass is 9.94. The summed E-state index contributed by atoms with van der Waals surface area (Å²) in [7, 11) is -4.37. The fraction of sp³-hybridized carbons (Fsp3) is 0.684. The molecule has 1 N–H and O–H groups in total. The second-order valence-corrected chi connectivity index (χ2v) is 7.69. The molecule has 0 aliphatic heterocycles. The van der Waals surface area contributed by atoms with Gasteiger partial charge in [0.05, 0.1) is 6.61 Å². The molecule has 0 fully saturated rings. The van der Waals surface area contributed by atoms with Crippen molar-refractivity contribution in [2.24, 2.45) is 0 Å². The van der Waals surface area contributed by atoms with Gasteiger partial charge < -0.3 is 0 Å². The highest BCUT2D eigenvalue weighted by molar-refractivity contribution is 7.80. The molecule has 0 amide bonds. The Kier molecular flexibility index (Phi) is 10.2. The van der Waals surface area contributed by atoms with Gasteiger partial charge in [0.1, 0.15) is 0 Å². The molecule has 24 heavy (non-hydrogen) atoms. The van der Waals surface area contributed by atoms with Crippen LogP contribution in [0.15, 0.2) is 24.3 Å². The molecular formula is C19H32O4S. The lowest BCUT2D eigenvalue weighted by Gasteiger charge is -2.12. The topological polar surface area (TPSA) is 63.6 Å². The van der Waals surface area contributed by atoms with Crippen LogP contribution in [0.3, 0.4) is 0 Å². The smallest absolute Gasteiger partial charge is 0.264 e. The third kappa shape index (κ3) is 10.1. The van der Waals surface area contributed by atoms with E-state index in [9.17, 15) is 8.42 Å². The Morgan fingerprint density at radius 2 is 1.50 bits per heavy atom. The Labute approximate surface area is 147 Å². The molecule has 0 radical (unpaired) electrons. The Bertz CT molecular complexity index is 537. The minimum atomic E-state index is -4.37. The summed E-state index contributed by atoms with van der Waals surface area (Å²) in [5.74, 6) is 0.502. The SMILES string of the molecule is CCCCCCCCCCC(C)c1ccc(COS(=O)(=O)O)cc1. The molecule has 0 aliphatic rings. The van der Waals surface area contributed by atoms with Gasteiger partial charge in [-0.15, -0.1) is 0 Å². The summed E-state index contributed by atoms with van der Waals surface area (Å²) in [4.78, 5) is 0. The maximum Gasteiger partial charge on any atom is 0.397 e. The average molecular weight is 357 g/mol. The first-order valence-corrected chi connectivity index (χ1v) is 10.5. The van der Waals surface area contributed by atoms with Gasteiger partial charge in [-0.25, -0.2) is 4.18 Å². The molecule has 0 saturated heterocycles. The van der Waals surface area contributed by atoms with Crippen molar-refractivity contribution in [1.29, 1.82) is 0 Å². The van der Waals surface area contributed by atoms with Crippen molar-refractivity contribution in [3.05, 3.63) is 35.4 Å². The van der Waals surface area contributed by atoms with Gasteiger partial charge in [0.25, 0.3) is 0 Å². The average Bonchev–Trinajstić information content (AvgIpc) is 2.55. The summed E-state index contributed by atoms with van der Waals surface area (Å²) in [5, 5.41) is 0. The Balaban J connectivity index is 2.21. The van der Waals surface area contributed by atoms with Crippen LogP contribution in [0.4, 0.5) is 0 Å². The van der Waals surface area contributed by atoms with E-state index in [0.717, 1.165) is 5.56 Å². The van der Waals surface area contributed by atoms with Crippen LogP contribution < -0.4 is 0 Å². The van der Waals surface area contributed by atoms with Crippen molar-refractivity contribution in [3.8, 4) is 0 Å². The van der Waals surface area contributed by atoms with Crippen LogP contribution in [0.2, 0.25) is 0 Å². The predicted octanol–water partition coefficient (Wildman–Crippen LogP) is 5.64. The van der Waals surface area contributed by atoms with E-state index < -0.39 is 10.4 Å². The van der Waals surface area contributed by atoms with Gasteiger partial charge in [0.15, 0.2) is 0 Å². The largest absolute Gasteiger partial charge is 0.397 e. The monoisotopic (exact) mass is 356 g/mol. The molecular weight excluding hydrogens is 324 g/mol. The zero-order valence-corrected chi connectivity index (χ0v) is 15.9. The first kappa shape index (κ1) is 21.1. The molecule has 0 saturated carbocycles. The number of hydrogen-bond donors (Lipinski definition) is 1. The van der Waals surface area contributed by atoms with Gasteiger partial charge in [-0.2, -0.15) is 8.42 Å². The number of hydrogen-bond acceptors (Lipinski definition) is 3. The molecule has 0 aromatic heterocycles. The van der Waals surface area contributed by atoms with E-state index >= 15 is 0 Å². The quantitative estimate of drug-likeness (QED) is 0.367. The Morgan fingerprint density at radius 3 is 2.04 bits per heavy atom. The summed E-state index contributed by atoms with van der Waals surface area (Å²) in [5.41, 5.74) is 1.99. The summed E-state index contributed by atoms with van der Waals surface area (Å²) < 4.78 is 34.1. The van der Waals surface area contributed by atoms with E-state index in [1.807, 2.05) is 24.3 Å². The first-order valence-electron chi connectivity index (χ1n) is 9.13. The van der Waals surface area contributed by atoms with Crippen molar-refractivity contribution in [2.45, 2.75) is 84.2 Å². The molecule has 1 aromatic rings. The van der Waals surface area contributed by atoms with Gasteiger partial charge in [0.2, 0.25) is 0 Å². The maximum absolute atomic E-state index is 10.6. The van der Waals surface area contributed by atoms with Gasteiger partial charge in [-0.3, -0.25) is 4.55 Å².